The summed E-state index contributed by atoms with van der Waals surface area (Å²) in [6.45, 7) is 1.48. The first-order valence-corrected chi connectivity index (χ1v) is 12.1. The number of thioether (sulfide) groups is 2. The molecule has 122 valence electrons. The summed E-state index contributed by atoms with van der Waals surface area (Å²) in [4.78, 5) is 27.3. The van der Waals surface area contributed by atoms with Gasteiger partial charge in [-0.3, -0.25) is 19.4 Å². The van der Waals surface area contributed by atoms with E-state index in [4.69, 9.17) is 24.4 Å². The van der Waals surface area contributed by atoms with Gasteiger partial charge in [0.15, 0.2) is 0 Å². The molecule has 0 aliphatic carbocycles. The molecule has 2 fully saturated rings. The number of nitrogens with zero attached hydrogens (tertiary/aromatic N) is 2. The summed E-state index contributed by atoms with van der Waals surface area (Å²) < 4.78 is 1.40. The summed E-state index contributed by atoms with van der Waals surface area (Å²) in [5.74, 6) is 3.53. The van der Waals surface area contributed by atoms with Crippen LogP contribution in [0.15, 0.2) is 0 Å². The molecule has 2 rings (SSSR count). The lowest BCUT2D eigenvalue weighted by Crippen LogP contribution is -2.31. The molecule has 0 aromatic carbocycles. The lowest BCUT2D eigenvalue weighted by Gasteiger charge is -2.14. The van der Waals surface area contributed by atoms with Crippen molar-refractivity contribution in [2.45, 2.75) is 12.8 Å². The Morgan fingerprint density at radius 2 is 1.32 bits per heavy atom. The summed E-state index contributed by atoms with van der Waals surface area (Å²) >= 11 is 13.4. The lowest BCUT2D eigenvalue weighted by molar-refractivity contribution is -0.127. The van der Waals surface area contributed by atoms with Crippen LogP contribution in [0.25, 0.3) is 0 Å². The molecule has 0 radical (unpaired) electrons. The van der Waals surface area contributed by atoms with Crippen LogP contribution in [0.3, 0.4) is 0 Å². The van der Waals surface area contributed by atoms with Crippen LogP contribution in [-0.2, 0) is 9.59 Å². The molecule has 0 aromatic rings. The van der Waals surface area contributed by atoms with Gasteiger partial charge in [0.25, 0.3) is 0 Å². The Morgan fingerprint density at radius 3 is 1.64 bits per heavy atom. The van der Waals surface area contributed by atoms with E-state index in [0.717, 1.165) is 36.1 Å². The van der Waals surface area contributed by atoms with Crippen LogP contribution in [0.4, 0.5) is 0 Å². The average Bonchev–Trinajstić information content (AvgIpc) is 3.10. The first-order valence-electron chi connectivity index (χ1n) is 6.78. The molecule has 2 aliphatic rings. The molecule has 2 heterocycles. The number of hydrogen-bond acceptors (Lipinski definition) is 8. The molecule has 2 amide bonds. The molecule has 0 atom stereocenters. The lowest BCUT2D eigenvalue weighted by atomic mass is 10.4. The standard InChI is InChI=1S/C12H16N2O2S6/c15-9(13-3-7-19-11(13)17)1-5-21-22-6-2-10(16)14-4-8-20-12(14)18/h1-8H2. The van der Waals surface area contributed by atoms with Gasteiger partial charge in [-0.2, -0.15) is 0 Å². The maximum atomic E-state index is 11.9. The highest BCUT2D eigenvalue weighted by Crippen LogP contribution is 2.26. The van der Waals surface area contributed by atoms with Gasteiger partial charge in [-0.05, 0) is 0 Å². The van der Waals surface area contributed by atoms with Crippen molar-refractivity contribution in [1.82, 2.24) is 9.80 Å². The number of amides is 2. The van der Waals surface area contributed by atoms with Gasteiger partial charge in [-0.15, -0.1) is 0 Å². The van der Waals surface area contributed by atoms with Crippen molar-refractivity contribution in [3.8, 4) is 0 Å². The molecule has 4 nitrogen and oxygen atoms in total. The Balaban J connectivity index is 1.52. The van der Waals surface area contributed by atoms with Crippen molar-refractivity contribution in [3.63, 3.8) is 0 Å². The van der Waals surface area contributed by atoms with Gasteiger partial charge in [0.05, 0.1) is 0 Å². The van der Waals surface area contributed by atoms with Gasteiger partial charge < -0.3 is 0 Å². The van der Waals surface area contributed by atoms with Crippen molar-refractivity contribution in [2.75, 3.05) is 36.1 Å². The zero-order valence-corrected chi connectivity index (χ0v) is 16.7. The van der Waals surface area contributed by atoms with E-state index in [9.17, 15) is 9.59 Å². The number of hydrogen-bond donors (Lipinski definition) is 0. The molecule has 0 bridgehead atoms. The fraction of sp³-hybridized carbons (Fsp3) is 0.667. The predicted molar refractivity (Wildman–Crippen MR) is 108 cm³/mol. The van der Waals surface area contributed by atoms with Gasteiger partial charge in [0, 0.05) is 48.9 Å². The molecule has 2 saturated heterocycles. The molecule has 0 saturated carbocycles. The molecule has 0 spiro atoms. The molecule has 0 aromatic heterocycles. The highest BCUT2D eigenvalue weighted by molar-refractivity contribution is 8.76. The second-order valence-electron chi connectivity index (χ2n) is 4.46. The minimum Gasteiger partial charge on any atom is -0.297 e. The first-order chi connectivity index (χ1) is 10.6. The maximum Gasteiger partial charge on any atom is 0.228 e. The SMILES string of the molecule is O=C(CCSSCCC(=O)N1CCSC1=S)N1CCSC1=S. The zero-order valence-electron chi connectivity index (χ0n) is 11.8. The second kappa shape index (κ2) is 9.73. The maximum absolute atomic E-state index is 11.9. The van der Waals surface area contributed by atoms with E-state index in [1.54, 1.807) is 54.9 Å². The van der Waals surface area contributed by atoms with Crippen LogP contribution in [0.5, 0.6) is 0 Å². The van der Waals surface area contributed by atoms with Crippen molar-refractivity contribution >= 4 is 90.0 Å². The number of thiocarbonyl (C=S) groups is 2. The fourth-order valence-electron chi connectivity index (χ4n) is 1.89. The average molecular weight is 413 g/mol. The zero-order chi connectivity index (χ0) is 15.9. The van der Waals surface area contributed by atoms with E-state index in [-0.39, 0.29) is 11.8 Å². The number of carbonyl (C=O) groups is 2. The van der Waals surface area contributed by atoms with E-state index in [0.29, 0.717) is 21.5 Å². The monoisotopic (exact) mass is 412 g/mol. The van der Waals surface area contributed by atoms with E-state index >= 15 is 0 Å². The van der Waals surface area contributed by atoms with Crippen LogP contribution in [0.2, 0.25) is 0 Å². The van der Waals surface area contributed by atoms with Gasteiger partial charge in [0.1, 0.15) is 8.64 Å². The normalized spacial score (nSPS) is 18.4. The van der Waals surface area contributed by atoms with Crippen LogP contribution in [-0.4, -0.2) is 66.4 Å². The molecule has 0 unspecified atom stereocenters. The number of rotatable bonds is 7. The minimum absolute atomic E-state index is 0.110. The van der Waals surface area contributed by atoms with Crippen LogP contribution in [0.1, 0.15) is 12.8 Å². The van der Waals surface area contributed by atoms with Gasteiger partial charge in [-0.1, -0.05) is 69.5 Å². The van der Waals surface area contributed by atoms with Crippen LogP contribution < -0.4 is 0 Å². The highest BCUT2D eigenvalue weighted by atomic mass is 33.1. The van der Waals surface area contributed by atoms with Crippen LogP contribution in [0, 0.1) is 0 Å². The van der Waals surface area contributed by atoms with Gasteiger partial charge >= 0.3 is 0 Å². The summed E-state index contributed by atoms with van der Waals surface area (Å²) in [6.07, 6.45) is 0.998. The topological polar surface area (TPSA) is 40.6 Å². The number of carbonyl (C=O) groups excluding carboxylic acids is 2. The Bertz CT molecular complexity index is 431. The van der Waals surface area contributed by atoms with Crippen molar-refractivity contribution in [1.29, 1.82) is 0 Å². The summed E-state index contributed by atoms with van der Waals surface area (Å²) in [5.41, 5.74) is 0. The third kappa shape index (κ3) is 5.55. The summed E-state index contributed by atoms with van der Waals surface area (Å²) in [7, 11) is 3.27. The van der Waals surface area contributed by atoms with Crippen molar-refractivity contribution in [2.24, 2.45) is 0 Å². The van der Waals surface area contributed by atoms with Gasteiger partial charge in [0.2, 0.25) is 11.8 Å². The van der Waals surface area contributed by atoms with E-state index in [2.05, 4.69) is 0 Å². The summed E-state index contributed by atoms with van der Waals surface area (Å²) in [5, 5.41) is 0. The molecular weight excluding hydrogens is 397 g/mol. The molecule has 22 heavy (non-hydrogen) atoms. The van der Waals surface area contributed by atoms with E-state index in [1.807, 2.05) is 0 Å². The Kier molecular flexibility index (Phi) is 8.34. The quantitative estimate of drug-likeness (QED) is 0.359. The van der Waals surface area contributed by atoms with Crippen LogP contribution >= 0.6 is 69.5 Å². The predicted octanol–water partition coefficient (Wildman–Crippen LogP) is 2.87. The smallest absolute Gasteiger partial charge is 0.228 e. The van der Waals surface area contributed by atoms with E-state index in [1.165, 1.54) is 0 Å². The fourth-order valence-corrected chi connectivity index (χ4v) is 6.33. The highest BCUT2D eigenvalue weighted by Gasteiger charge is 2.24. The Labute approximate surface area is 157 Å². The van der Waals surface area contributed by atoms with E-state index < -0.39 is 0 Å². The Hall–Kier alpha value is 0.520. The molecule has 2 aliphatic heterocycles. The largest absolute Gasteiger partial charge is 0.297 e. The van der Waals surface area contributed by atoms with Gasteiger partial charge in [-0.25, -0.2) is 0 Å². The van der Waals surface area contributed by atoms with Crippen molar-refractivity contribution < 1.29 is 9.59 Å². The molecule has 10 heteroatoms. The second-order valence-corrected chi connectivity index (χ2v) is 10.6. The molecular formula is C12H16N2O2S6. The minimum atomic E-state index is 0.110. The Morgan fingerprint density at radius 1 is 0.909 bits per heavy atom. The third-order valence-corrected chi connectivity index (χ3v) is 8.27. The van der Waals surface area contributed by atoms with Crippen molar-refractivity contribution in [3.05, 3.63) is 0 Å². The first kappa shape index (κ1) is 18.9. The third-order valence-electron chi connectivity index (χ3n) is 3.01. The summed E-state index contributed by atoms with van der Waals surface area (Å²) in [6, 6.07) is 0. The molecule has 0 N–H and O–H groups in total.